The normalized spacial score (nSPS) is 14.2. The SMILES string of the molecule is CCCCN(CCCC)Cc1c(O)cc(C)c2c1O/C(=C/c1ccc(N(C)C)cc1)C2=O. The number of unbranched alkanes of at least 4 members (excludes halogenated alkanes) is 2. The second kappa shape index (κ2) is 10.7. The van der Waals surface area contributed by atoms with Crippen LogP contribution in [0.25, 0.3) is 6.08 Å². The number of benzene rings is 2. The van der Waals surface area contributed by atoms with Crippen LogP contribution in [0.15, 0.2) is 36.1 Å². The van der Waals surface area contributed by atoms with E-state index in [1.807, 2.05) is 50.2 Å². The average Bonchev–Trinajstić information content (AvgIpc) is 3.09. The number of aromatic hydroxyl groups is 1. The molecular formula is C27H36N2O3. The summed E-state index contributed by atoms with van der Waals surface area (Å²) in [5.74, 6) is 0.899. The molecule has 1 N–H and O–H groups in total. The number of phenolic OH excluding ortho intramolecular Hbond substituents is 1. The van der Waals surface area contributed by atoms with Crippen LogP contribution >= 0.6 is 0 Å². The fourth-order valence-corrected chi connectivity index (χ4v) is 4.01. The van der Waals surface area contributed by atoms with Gasteiger partial charge in [0, 0.05) is 26.3 Å². The number of carbonyl (C=O) groups excluding carboxylic acids is 1. The highest BCUT2D eigenvalue weighted by molar-refractivity contribution is 6.15. The Bertz CT molecular complexity index is 969. The number of allylic oxidation sites excluding steroid dienone is 1. The molecule has 2 aromatic rings. The van der Waals surface area contributed by atoms with Gasteiger partial charge in [-0.05, 0) is 68.3 Å². The molecule has 5 heteroatoms. The molecular weight excluding hydrogens is 400 g/mol. The van der Waals surface area contributed by atoms with E-state index in [0.717, 1.165) is 55.6 Å². The van der Waals surface area contributed by atoms with Crippen LogP contribution < -0.4 is 9.64 Å². The number of fused-ring (bicyclic) bond motifs is 1. The molecule has 0 amide bonds. The third kappa shape index (κ3) is 5.33. The lowest BCUT2D eigenvalue weighted by molar-refractivity contribution is 0.101. The van der Waals surface area contributed by atoms with Crippen LogP contribution in [0.5, 0.6) is 11.5 Å². The van der Waals surface area contributed by atoms with Gasteiger partial charge in [0.1, 0.15) is 11.5 Å². The van der Waals surface area contributed by atoms with Crippen LogP contribution in [0.4, 0.5) is 5.69 Å². The number of rotatable bonds is 10. The minimum absolute atomic E-state index is 0.121. The highest BCUT2D eigenvalue weighted by atomic mass is 16.5. The molecule has 1 aliphatic heterocycles. The van der Waals surface area contributed by atoms with Crippen LogP contribution in [0.1, 0.15) is 66.6 Å². The molecule has 0 bridgehead atoms. The number of hydrogen-bond donors (Lipinski definition) is 1. The second-order valence-corrected chi connectivity index (χ2v) is 8.80. The van der Waals surface area contributed by atoms with Crippen molar-refractivity contribution in [3.8, 4) is 11.5 Å². The van der Waals surface area contributed by atoms with E-state index in [1.165, 1.54) is 0 Å². The van der Waals surface area contributed by atoms with Crippen molar-refractivity contribution >= 4 is 17.5 Å². The third-order valence-electron chi connectivity index (χ3n) is 5.97. The minimum Gasteiger partial charge on any atom is -0.507 e. The first-order chi connectivity index (χ1) is 15.3. The monoisotopic (exact) mass is 436 g/mol. The fraction of sp³-hybridized carbons (Fsp3) is 0.444. The van der Waals surface area contributed by atoms with Gasteiger partial charge in [-0.2, -0.15) is 0 Å². The van der Waals surface area contributed by atoms with Crippen LogP contribution in [0.3, 0.4) is 0 Å². The number of ether oxygens (including phenoxy) is 1. The first-order valence-electron chi connectivity index (χ1n) is 11.6. The molecule has 5 nitrogen and oxygen atoms in total. The summed E-state index contributed by atoms with van der Waals surface area (Å²) in [7, 11) is 3.99. The van der Waals surface area contributed by atoms with Gasteiger partial charge >= 0.3 is 0 Å². The molecule has 32 heavy (non-hydrogen) atoms. The largest absolute Gasteiger partial charge is 0.507 e. The molecule has 2 aromatic carbocycles. The molecule has 0 aromatic heterocycles. The van der Waals surface area contributed by atoms with Gasteiger partial charge in [-0.3, -0.25) is 9.69 Å². The summed E-state index contributed by atoms with van der Waals surface area (Å²) >= 11 is 0. The van der Waals surface area contributed by atoms with E-state index in [-0.39, 0.29) is 11.5 Å². The van der Waals surface area contributed by atoms with Gasteiger partial charge in [0.2, 0.25) is 5.78 Å². The molecule has 0 spiro atoms. The third-order valence-corrected chi connectivity index (χ3v) is 5.97. The van der Waals surface area contributed by atoms with Gasteiger partial charge in [-0.1, -0.05) is 38.8 Å². The molecule has 172 valence electrons. The predicted molar refractivity (Wildman–Crippen MR) is 132 cm³/mol. The van der Waals surface area contributed by atoms with Crippen molar-refractivity contribution < 1.29 is 14.6 Å². The molecule has 0 aliphatic carbocycles. The zero-order valence-electron chi connectivity index (χ0n) is 20.1. The molecule has 0 radical (unpaired) electrons. The smallest absolute Gasteiger partial charge is 0.232 e. The van der Waals surface area contributed by atoms with Crippen molar-refractivity contribution in [2.24, 2.45) is 0 Å². The molecule has 1 aliphatic rings. The first-order valence-corrected chi connectivity index (χ1v) is 11.6. The highest BCUT2D eigenvalue weighted by Crippen LogP contribution is 2.42. The Hall–Kier alpha value is -2.79. The first kappa shape index (κ1) is 23.9. The lowest BCUT2D eigenvalue weighted by Crippen LogP contribution is -2.26. The van der Waals surface area contributed by atoms with Crippen molar-refractivity contribution in [3.63, 3.8) is 0 Å². The molecule has 0 unspecified atom stereocenters. The number of aryl methyl sites for hydroxylation is 1. The van der Waals surface area contributed by atoms with Crippen LogP contribution in [-0.2, 0) is 6.54 Å². The Balaban J connectivity index is 1.92. The molecule has 0 atom stereocenters. The van der Waals surface area contributed by atoms with Crippen molar-refractivity contribution in [2.75, 3.05) is 32.1 Å². The summed E-state index contributed by atoms with van der Waals surface area (Å²) in [6.07, 6.45) is 6.23. The van der Waals surface area contributed by atoms with E-state index >= 15 is 0 Å². The van der Waals surface area contributed by atoms with Gasteiger partial charge in [0.15, 0.2) is 5.76 Å². The topological polar surface area (TPSA) is 53.0 Å². The van der Waals surface area contributed by atoms with Crippen LogP contribution in [0.2, 0.25) is 0 Å². The van der Waals surface area contributed by atoms with Gasteiger partial charge < -0.3 is 14.7 Å². The quantitative estimate of drug-likeness (QED) is 0.478. The van der Waals surface area contributed by atoms with Gasteiger partial charge in [0.05, 0.1) is 11.1 Å². The molecule has 0 saturated carbocycles. The number of anilines is 1. The van der Waals surface area contributed by atoms with Crippen molar-refractivity contribution in [1.29, 1.82) is 0 Å². The Morgan fingerprint density at radius 1 is 1.03 bits per heavy atom. The molecule has 0 saturated heterocycles. The summed E-state index contributed by atoms with van der Waals surface area (Å²) in [5, 5.41) is 10.8. The van der Waals surface area contributed by atoms with E-state index < -0.39 is 0 Å². The lowest BCUT2D eigenvalue weighted by atomic mass is 9.99. The van der Waals surface area contributed by atoms with Gasteiger partial charge in [-0.25, -0.2) is 0 Å². The highest BCUT2D eigenvalue weighted by Gasteiger charge is 2.33. The Labute approximate surface area is 192 Å². The summed E-state index contributed by atoms with van der Waals surface area (Å²) in [6, 6.07) is 9.68. The summed E-state index contributed by atoms with van der Waals surface area (Å²) < 4.78 is 6.12. The summed E-state index contributed by atoms with van der Waals surface area (Å²) in [6.45, 7) is 8.73. The van der Waals surface area contributed by atoms with E-state index in [1.54, 1.807) is 12.1 Å². The maximum absolute atomic E-state index is 13.2. The van der Waals surface area contributed by atoms with Crippen molar-refractivity contribution in [3.05, 3.63) is 58.3 Å². The maximum atomic E-state index is 13.2. The van der Waals surface area contributed by atoms with E-state index in [4.69, 9.17) is 4.74 Å². The van der Waals surface area contributed by atoms with E-state index in [0.29, 0.717) is 29.2 Å². The summed E-state index contributed by atoms with van der Waals surface area (Å²) in [4.78, 5) is 17.6. The average molecular weight is 437 g/mol. The molecule has 0 fully saturated rings. The number of carbonyl (C=O) groups is 1. The second-order valence-electron chi connectivity index (χ2n) is 8.80. The number of nitrogens with zero attached hydrogens (tertiary/aromatic N) is 2. The number of hydrogen-bond acceptors (Lipinski definition) is 5. The zero-order chi connectivity index (χ0) is 23.3. The Kier molecular flexibility index (Phi) is 7.97. The molecule has 3 rings (SSSR count). The fourth-order valence-electron chi connectivity index (χ4n) is 4.01. The number of ketones is 1. The van der Waals surface area contributed by atoms with Crippen molar-refractivity contribution in [1.82, 2.24) is 4.90 Å². The summed E-state index contributed by atoms with van der Waals surface area (Å²) in [5.41, 5.74) is 4.02. The van der Waals surface area contributed by atoms with Gasteiger partial charge in [-0.15, -0.1) is 0 Å². The maximum Gasteiger partial charge on any atom is 0.232 e. The van der Waals surface area contributed by atoms with Gasteiger partial charge in [0.25, 0.3) is 0 Å². The zero-order valence-corrected chi connectivity index (χ0v) is 20.1. The van der Waals surface area contributed by atoms with Crippen molar-refractivity contribution in [2.45, 2.75) is 53.0 Å². The van der Waals surface area contributed by atoms with Crippen LogP contribution in [-0.4, -0.2) is 43.0 Å². The van der Waals surface area contributed by atoms with E-state index in [2.05, 4.69) is 18.7 Å². The lowest BCUT2D eigenvalue weighted by Gasteiger charge is -2.23. The van der Waals surface area contributed by atoms with Crippen LogP contribution in [0, 0.1) is 6.92 Å². The Morgan fingerprint density at radius 2 is 1.66 bits per heavy atom. The number of Topliss-reactive ketones (excluding diaryl/α,β-unsaturated/α-hetero) is 1. The predicted octanol–water partition coefficient (Wildman–Crippen LogP) is 5.79. The number of phenols is 1. The Morgan fingerprint density at radius 3 is 2.22 bits per heavy atom. The minimum atomic E-state index is -0.121. The standard InChI is InChI=1S/C27H36N2O3/c1-6-8-14-29(15-9-7-2)18-22-23(30)16-19(3)25-26(31)24(32-27(22)25)17-20-10-12-21(13-11-20)28(4)5/h10-13,16-17,30H,6-9,14-15,18H2,1-5H3/b24-17+. The van der Waals surface area contributed by atoms with E-state index in [9.17, 15) is 9.90 Å². The molecule has 1 heterocycles.